The van der Waals surface area contributed by atoms with E-state index in [-0.39, 0.29) is 18.0 Å². The predicted molar refractivity (Wildman–Crippen MR) is 134 cm³/mol. The molecule has 3 nitrogen and oxygen atoms in total. The quantitative estimate of drug-likeness (QED) is 0.378. The van der Waals surface area contributed by atoms with E-state index in [2.05, 4.69) is 44.2 Å². The first kappa shape index (κ1) is 24.8. The second kappa shape index (κ2) is 12.4. The van der Waals surface area contributed by atoms with Crippen LogP contribution in [0.4, 0.5) is 0 Å². The summed E-state index contributed by atoms with van der Waals surface area (Å²) in [5.74, 6) is 3.52. The number of ether oxygens (including phenoxy) is 2. The Balaban J connectivity index is 1.13. The van der Waals surface area contributed by atoms with Crippen molar-refractivity contribution in [3.05, 3.63) is 35.9 Å². The van der Waals surface area contributed by atoms with E-state index in [0.29, 0.717) is 12.0 Å². The molecule has 3 aliphatic carbocycles. The molecule has 0 N–H and O–H groups in total. The third-order valence-corrected chi connectivity index (χ3v) is 9.03. The van der Waals surface area contributed by atoms with Crippen molar-refractivity contribution in [3.63, 3.8) is 0 Å². The molecular formula is C30H46O3. The van der Waals surface area contributed by atoms with Gasteiger partial charge in [-0.1, -0.05) is 50.1 Å². The molecule has 3 saturated carbocycles. The van der Waals surface area contributed by atoms with Crippen molar-refractivity contribution >= 4 is 5.97 Å². The summed E-state index contributed by atoms with van der Waals surface area (Å²) < 4.78 is 11.7. The Morgan fingerprint density at radius 1 is 0.818 bits per heavy atom. The van der Waals surface area contributed by atoms with Gasteiger partial charge in [-0.05, 0) is 107 Å². The first-order valence-corrected chi connectivity index (χ1v) is 14.0. The van der Waals surface area contributed by atoms with Crippen LogP contribution in [0.1, 0.15) is 109 Å². The highest BCUT2D eigenvalue weighted by Gasteiger charge is 2.35. The maximum absolute atomic E-state index is 12.8. The van der Waals surface area contributed by atoms with Gasteiger partial charge < -0.3 is 9.47 Å². The van der Waals surface area contributed by atoms with Crippen molar-refractivity contribution in [2.45, 2.75) is 115 Å². The topological polar surface area (TPSA) is 35.5 Å². The Kier molecular flexibility index (Phi) is 9.29. The van der Waals surface area contributed by atoms with E-state index in [1.165, 1.54) is 50.5 Å². The minimum Gasteiger partial charge on any atom is -0.462 e. The second-order valence-electron chi connectivity index (χ2n) is 11.2. The van der Waals surface area contributed by atoms with Crippen LogP contribution in [0, 0.1) is 23.7 Å². The monoisotopic (exact) mass is 454 g/mol. The van der Waals surface area contributed by atoms with Crippen molar-refractivity contribution in [1.82, 2.24) is 0 Å². The number of hydrogen-bond acceptors (Lipinski definition) is 3. The van der Waals surface area contributed by atoms with E-state index in [9.17, 15) is 4.79 Å². The van der Waals surface area contributed by atoms with E-state index < -0.39 is 0 Å². The zero-order valence-electron chi connectivity index (χ0n) is 21.1. The van der Waals surface area contributed by atoms with Crippen molar-refractivity contribution in [2.75, 3.05) is 6.61 Å². The number of esters is 1. The molecule has 184 valence electrons. The average Bonchev–Trinajstić information content (AvgIpc) is 2.86. The SMILES string of the molecule is CCOC1CCC(OC(=O)C2CCC(C3CCC(CC(C)c4ccccc4)CC3)CC2)CC1. The number of carbonyl (C=O) groups is 1. The highest BCUT2D eigenvalue weighted by atomic mass is 16.5. The Morgan fingerprint density at radius 3 is 2.00 bits per heavy atom. The van der Waals surface area contributed by atoms with Crippen molar-refractivity contribution in [1.29, 1.82) is 0 Å². The Bertz CT molecular complexity index is 693. The van der Waals surface area contributed by atoms with Crippen LogP contribution in [0.25, 0.3) is 0 Å². The molecule has 0 saturated heterocycles. The normalized spacial score (nSPS) is 33.9. The molecule has 1 atom stereocenters. The van der Waals surface area contributed by atoms with Crippen LogP contribution in [0.15, 0.2) is 30.3 Å². The summed E-state index contributed by atoms with van der Waals surface area (Å²) in [7, 11) is 0. The van der Waals surface area contributed by atoms with Crippen LogP contribution >= 0.6 is 0 Å². The van der Waals surface area contributed by atoms with Gasteiger partial charge in [0.25, 0.3) is 0 Å². The molecule has 3 fully saturated rings. The van der Waals surface area contributed by atoms with Gasteiger partial charge in [0.2, 0.25) is 0 Å². The summed E-state index contributed by atoms with van der Waals surface area (Å²) in [5, 5.41) is 0. The van der Waals surface area contributed by atoms with E-state index in [1.54, 1.807) is 0 Å². The first-order chi connectivity index (χ1) is 16.1. The van der Waals surface area contributed by atoms with Gasteiger partial charge in [0, 0.05) is 6.61 Å². The molecule has 4 rings (SSSR count). The minimum atomic E-state index is 0.0897. The number of rotatable bonds is 8. The summed E-state index contributed by atoms with van der Waals surface area (Å²) in [6.07, 6.45) is 16.0. The molecule has 0 aromatic heterocycles. The maximum Gasteiger partial charge on any atom is 0.309 e. The number of carbonyl (C=O) groups excluding carboxylic acids is 1. The van der Waals surface area contributed by atoms with E-state index in [0.717, 1.165) is 62.9 Å². The molecule has 0 radical (unpaired) electrons. The maximum atomic E-state index is 12.8. The fourth-order valence-corrected chi connectivity index (χ4v) is 6.95. The molecule has 0 heterocycles. The molecule has 3 heteroatoms. The molecule has 0 amide bonds. The van der Waals surface area contributed by atoms with E-state index in [4.69, 9.17) is 9.47 Å². The molecule has 3 aliphatic rings. The summed E-state index contributed by atoms with van der Waals surface area (Å²) in [5.41, 5.74) is 1.49. The lowest BCUT2D eigenvalue weighted by molar-refractivity contribution is -0.158. The van der Waals surface area contributed by atoms with E-state index >= 15 is 0 Å². The lowest BCUT2D eigenvalue weighted by atomic mass is 9.68. The summed E-state index contributed by atoms with van der Waals surface area (Å²) in [6, 6.07) is 11.0. The van der Waals surface area contributed by atoms with Gasteiger partial charge in [-0.25, -0.2) is 0 Å². The van der Waals surface area contributed by atoms with Crippen LogP contribution in [0.3, 0.4) is 0 Å². The Labute approximate surface area is 202 Å². The van der Waals surface area contributed by atoms with Crippen molar-refractivity contribution in [2.24, 2.45) is 23.7 Å². The highest BCUT2D eigenvalue weighted by Crippen LogP contribution is 2.43. The van der Waals surface area contributed by atoms with Crippen LogP contribution < -0.4 is 0 Å². The third-order valence-electron chi connectivity index (χ3n) is 9.03. The fourth-order valence-electron chi connectivity index (χ4n) is 6.95. The van der Waals surface area contributed by atoms with Crippen LogP contribution in [0.2, 0.25) is 0 Å². The van der Waals surface area contributed by atoms with Gasteiger partial charge in [0.05, 0.1) is 12.0 Å². The predicted octanol–water partition coefficient (Wildman–Crippen LogP) is 7.68. The molecular weight excluding hydrogens is 408 g/mol. The zero-order valence-corrected chi connectivity index (χ0v) is 21.1. The van der Waals surface area contributed by atoms with Gasteiger partial charge in [0.1, 0.15) is 6.10 Å². The van der Waals surface area contributed by atoms with Crippen LogP contribution in [0.5, 0.6) is 0 Å². The largest absolute Gasteiger partial charge is 0.462 e. The Hall–Kier alpha value is -1.35. The van der Waals surface area contributed by atoms with Crippen LogP contribution in [-0.4, -0.2) is 24.8 Å². The summed E-state index contributed by atoms with van der Waals surface area (Å²) in [6.45, 7) is 5.24. The van der Waals surface area contributed by atoms with Crippen molar-refractivity contribution in [3.8, 4) is 0 Å². The van der Waals surface area contributed by atoms with Crippen LogP contribution in [-0.2, 0) is 14.3 Å². The molecule has 1 aromatic rings. The molecule has 33 heavy (non-hydrogen) atoms. The molecule has 1 unspecified atom stereocenters. The smallest absolute Gasteiger partial charge is 0.309 e. The van der Waals surface area contributed by atoms with Gasteiger partial charge in [-0.15, -0.1) is 0 Å². The third kappa shape index (κ3) is 7.07. The Morgan fingerprint density at radius 2 is 1.39 bits per heavy atom. The average molecular weight is 455 g/mol. The minimum absolute atomic E-state index is 0.0897. The second-order valence-corrected chi connectivity index (χ2v) is 11.2. The lowest BCUT2D eigenvalue weighted by Crippen LogP contribution is -2.33. The standard InChI is InChI=1S/C30H46O3/c1-3-32-28-17-19-29(20-18-28)33-30(31)27-15-13-26(14-16-27)25-11-9-23(10-12-25)21-22(2)24-7-5-4-6-8-24/h4-8,22-23,25-29H,3,9-21H2,1-2H3. The molecule has 0 bridgehead atoms. The zero-order chi connectivity index (χ0) is 23.0. The molecule has 0 spiro atoms. The molecule has 0 aliphatic heterocycles. The van der Waals surface area contributed by atoms with Crippen molar-refractivity contribution < 1.29 is 14.3 Å². The fraction of sp³-hybridized carbons (Fsp3) is 0.767. The lowest BCUT2D eigenvalue weighted by Gasteiger charge is -2.38. The summed E-state index contributed by atoms with van der Waals surface area (Å²) in [4.78, 5) is 12.8. The highest BCUT2D eigenvalue weighted by molar-refractivity contribution is 5.72. The van der Waals surface area contributed by atoms with Gasteiger partial charge >= 0.3 is 5.97 Å². The van der Waals surface area contributed by atoms with E-state index in [1.807, 2.05) is 0 Å². The molecule has 1 aromatic carbocycles. The van der Waals surface area contributed by atoms with Gasteiger partial charge in [0.15, 0.2) is 0 Å². The van der Waals surface area contributed by atoms with Gasteiger partial charge in [-0.3, -0.25) is 4.79 Å². The first-order valence-electron chi connectivity index (χ1n) is 14.0. The number of hydrogen-bond donors (Lipinski definition) is 0. The number of benzene rings is 1. The van der Waals surface area contributed by atoms with Gasteiger partial charge in [-0.2, -0.15) is 0 Å². The summed E-state index contributed by atoms with van der Waals surface area (Å²) >= 11 is 0.